The monoisotopic (exact) mass is 450 g/mol. The summed E-state index contributed by atoms with van der Waals surface area (Å²) in [6, 6.07) is 18.4. The van der Waals surface area contributed by atoms with Crippen molar-refractivity contribution in [3.63, 3.8) is 0 Å². The molecule has 4 aromatic rings. The van der Waals surface area contributed by atoms with Gasteiger partial charge < -0.3 is 10.6 Å². The van der Waals surface area contributed by atoms with Crippen LogP contribution in [-0.2, 0) is 11.2 Å². The summed E-state index contributed by atoms with van der Waals surface area (Å²) < 4.78 is 15.3. The molecule has 0 aliphatic carbocycles. The lowest BCUT2D eigenvalue weighted by molar-refractivity contribution is -0.113. The number of nitrogens with zero attached hydrogens (tertiary/aromatic N) is 4. The molecule has 8 nitrogen and oxygen atoms in total. The summed E-state index contributed by atoms with van der Waals surface area (Å²) >= 11 is 1.21. The Hall–Kier alpha value is -3.79. The van der Waals surface area contributed by atoms with Gasteiger partial charge in [0.2, 0.25) is 5.91 Å². The number of nitrogens with one attached hydrogen (secondary N) is 2. The number of hydrogen-bond donors (Lipinski definition) is 2. The van der Waals surface area contributed by atoms with E-state index < -0.39 is 5.82 Å². The third-order valence-corrected chi connectivity index (χ3v) is 5.39. The molecule has 2 heterocycles. The number of carbonyl (C=O) groups is 2. The van der Waals surface area contributed by atoms with Gasteiger partial charge in [-0.1, -0.05) is 42.1 Å². The first-order chi connectivity index (χ1) is 15.6. The van der Waals surface area contributed by atoms with E-state index in [1.54, 1.807) is 53.0 Å². The van der Waals surface area contributed by atoms with Crippen LogP contribution in [0.25, 0.3) is 5.65 Å². The Kier molecular flexibility index (Phi) is 6.71. The Bertz CT molecular complexity index is 1250. The fraction of sp³-hybridized carbons (Fsp3) is 0.136. The van der Waals surface area contributed by atoms with Crippen molar-refractivity contribution < 1.29 is 14.0 Å². The minimum absolute atomic E-state index is 0.0669. The lowest BCUT2D eigenvalue weighted by atomic mass is 10.2. The highest BCUT2D eigenvalue weighted by molar-refractivity contribution is 7.99. The molecular weight excluding hydrogens is 431 g/mol. The third-order valence-electron chi connectivity index (χ3n) is 4.47. The van der Waals surface area contributed by atoms with Crippen LogP contribution in [0.3, 0.4) is 0 Å². The highest BCUT2D eigenvalue weighted by Gasteiger charge is 2.11. The van der Waals surface area contributed by atoms with E-state index in [1.807, 2.05) is 6.07 Å². The summed E-state index contributed by atoms with van der Waals surface area (Å²) in [5.74, 6) is -0.332. The molecule has 0 aliphatic rings. The summed E-state index contributed by atoms with van der Waals surface area (Å²) in [4.78, 5) is 24.3. The molecule has 2 N–H and O–H groups in total. The molecule has 0 bridgehead atoms. The quantitative estimate of drug-likeness (QED) is 0.400. The molecule has 0 spiro atoms. The SMILES string of the molecule is O=C(CSc1ccc2nnc(CCNC(=O)c3ccccc3)n2n1)Nc1ccccc1F. The van der Waals surface area contributed by atoms with Crippen LogP contribution in [0.1, 0.15) is 16.2 Å². The molecule has 0 fully saturated rings. The van der Waals surface area contributed by atoms with E-state index in [4.69, 9.17) is 0 Å². The first-order valence-corrected chi connectivity index (χ1v) is 10.8. The van der Waals surface area contributed by atoms with E-state index >= 15 is 0 Å². The molecule has 0 atom stereocenters. The topological polar surface area (TPSA) is 101 Å². The average Bonchev–Trinajstić information content (AvgIpc) is 3.22. The number of rotatable bonds is 8. The van der Waals surface area contributed by atoms with Gasteiger partial charge in [0.05, 0.1) is 11.4 Å². The number of hydrogen-bond acceptors (Lipinski definition) is 6. The number of halogens is 1. The van der Waals surface area contributed by atoms with Gasteiger partial charge >= 0.3 is 0 Å². The summed E-state index contributed by atoms with van der Waals surface area (Å²) in [7, 11) is 0. The Morgan fingerprint density at radius 1 is 0.969 bits per heavy atom. The minimum Gasteiger partial charge on any atom is -0.352 e. The molecular formula is C22H19FN6O2S. The number of carbonyl (C=O) groups excluding carboxylic acids is 2. The molecule has 0 saturated heterocycles. The summed E-state index contributed by atoms with van der Waals surface area (Å²) in [5, 5.41) is 18.7. The zero-order valence-corrected chi connectivity index (χ0v) is 17.7. The molecule has 0 aliphatic heterocycles. The molecule has 10 heteroatoms. The zero-order chi connectivity index (χ0) is 22.3. The van der Waals surface area contributed by atoms with Crippen molar-refractivity contribution in [3.8, 4) is 0 Å². The first kappa shape index (κ1) is 21.4. The number of amides is 2. The van der Waals surface area contributed by atoms with Crippen LogP contribution < -0.4 is 10.6 Å². The van der Waals surface area contributed by atoms with E-state index in [0.29, 0.717) is 35.0 Å². The van der Waals surface area contributed by atoms with Gasteiger partial charge in [-0.25, -0.2) is 4.39 Å². The van der Waals surface area contributed by atoms with Crippen LogP contribution in [0.15, 0.2) is 71.8 Å². The molecule has 4 rings (SSSR count). The molecule has 0 radical (unpaired) electrons. The normalized spacial score (nSPS) is 10.8. The van der Waals surface area contributed by atoms with Crippen molar-refractivity contribution in [1.82, 2.24) is 25.1 Å². The Morgan fingerprint density at radius 3 is 2.56 bits per heavy atom. The fourth-order valence-electron chi connectivity index (χ4n) is 2.92. The van der Waals surface area contributed by atoms with Gasteiger partial charge in [0.15, 0.2) is 11.5 Å². The van der Waals surface area contributed by atoms with Crippen molar-refractivity contribution in [2.45, 2.75) is 11.4 Å². The Morgan fingerprint density at radius 2 is 1.75 bits per heavy atom. The van der Waals surface area contributed by atoms with Crippen LogP contribution >= 0.6 is 11.8 Å². The van der Waals surface area contributed by atoms with Crippen LogP contribution in [0.4, 0.5) is 10.1 Å². The molecule has 2 aromatic heterocycles. The van der Waals surface area contributed by atoms with E-state index in [-0.39, 0.29) is 23.3 Å². The fourth-order valence-corrected chi connectivity index (χ4v) is 3.57. The average molecular weight is 450 g/mol. The number of fused-ring (bicyclic) bond motifs is 1. The maximum atomic E-state index is 13.7. The third kappa shape index (κ3) is 5.27. The van der Waals surface area contributed by atoms with Crippen LogP contribution in [0.5, 0.6) is 0 Å². The highest BCUT2D eigenvalue weighted by Crippen LogP contribution is 2.18. The predicted octanol–water partition coefficient (Wildman–Crippen LogP) is 2.97. The van der Waals surface area contributed by atoms with Crippen LogP contribution in [-0.4, -0.2) is 43.9 Å². The second-order valence-corrected chi connectivity index (χ2v) is 7.74. The summed E-state index contributed by atoms with van der Waals surface area (Å²) in [6.07, 6.45) is 0.439. The van der Waals surface area contributed by atoms with Crippen molar-refractivity contribution in [1.29, 1.82) is 0 Å². The summed E-state index contributed by atoms with van der Waals surface area (Å²) in [6.45, 7) is 0.374. The second-order valence-electron chi connectivity index (χ2n) is 6.75. The predicted molar refractivity (Wildman–Crippen MR) is 119 cm³/mol. The van der Waals surface area contributed by atoms with E-state index in [0.717, 1.165) is 0 Å². The Labute approximate surface area is 187 Å². The van der Waals surface area contributed by atoms with Crippen molar-refractivity contribution in [2.24, 2.45) is 0 Å². The molecule has 0 saturated carbocycles. The summed E-state index contributed by atoms with van der Waals surface area (Å²) in [5.41, 5.74) is 1.29. The van der Waals surface area contributed by atoms with Crippen molar-refractivity contribution >= 4 is 34.9 Å². The van der Waals surface area contributed by atoms with Crippen molar-refractivity contribution in [3.05, 3.63) is 83.9 Å². The van der Waals surface area contributed by atoms with E-state index in [2.05, 4.69) is 25.9 Å². The molecule has 32 heavy (non-hydrogen) atoms. The minimum atomic E-state index is -0.487. The Balaban J connectivity index is 1.34. The van der Waals surface area contributed by atoms with Gasteiger partial charge in [-0.2, -0.15) is 9.61 Å². The molecule has 0 unspecified atom stereocenters. The standard InChI is InChI=1S/C22H19FN6O2S/c23-16-8-4-5-9-17(16)25-20(30)14-32-21-11-10-18-26-27-19(29(18)28-21)12-13-24-22(31)15-6-2-1-3-7-15/h1-11H,12-14H2,(H,24,31)(H,25,30). The van der Waals surface area contributed by atoms with E-state index in [9.17, 15) is 14.0 Å². The lowest BCUT2D eigenvalue weighted by Gasteiger charge is -2.06. The number of aromatic nitrogens is 4. The highest BCUT2D eigenvalue weighted by atomic mass is 32.2. The van der Waals surface area contributed by atoms with Gasteiger partial charge in [0.25, 0.3) is 5.91 Å². The van der Waals surface area contributed by atoms with Gasteiger partial charge in [0.1, 0.15) is 10.8 Å². The first-order valence-electron chi connectivity index (χ1n) is 9.82. The van der Waals surface area contributed by atoms with Crippen molar-refractivity contribution in [2.75, 3.05) is 17.6 Å². The van der Waals surface area contributed by atoms with Crippen LogP contribution in [0.2, 0.25) is 0 Å². The van der Waals surface area contributed by atoms with Gasteiger partial charge in [-0.05, 0) is 36.4 Å². The zero-order valence-electron chi connectivity index (χ0n) is 16.9. The number of para-hydroxylation sites is 1. The molecule has 2 aromatic carbocycles. The molecule has 2 amide bonds. The maximum absolute atomic E-state index is 13.7. The maximum Gasteiger partial charge on any atom is 0.251 e. The second kappa shape index (κ2) is 10.0. The van der Waals surface area contributed by atoms with Crippen LogP contribution in [0, 0.1) is 5.82 Å². The number of anilines is 1. The smallest absolute Gasteiger partial charge is 0.251 e. The number of thioether (sulfide) groups is 1. The van der Waals surface area contributed by atoms with Gasteiger partial charge in [0, 0.05) is 18.5 Å². The number of benzene rings is 2. The lowest BCUT2D eigenvalue weighted by Crippen LogP contribution is -2.26. The molecule has 162 valence electrons. The van der Waals surface area contributed by atoms with Gasteiger partial charge in [-0.3, -0.25) is 9.59 Å². The van der Waals surface area contributed by atoms with E-state index in [1.165, 1.54) is 23.9 Å². The largest absolute Gasteiger partial charge is 0.352 e. The van der Waals surface area contributed by atoms with Gasteiger partial charge in [-0.15, -0.1) is 10.2 Å².